The van der Waals surface area contributed by atoms with Crippen molar-refractivity contribution in [3.63, 3.8) is 0 Å². The first-order chi connectivity index (χ1) is 6.75. The van der Waals surface area contributed by atoms with Crippen LogP contribution in [0.15, 0.2) is 27.6 Å². The van der Waals surface area contributed by atoms with Gasteiger partial charge in [-0.25, -0.2) is 0 Å². The van der Waals surface area contributed by atoms with Gasteiger partial charge in [0.25, 0.3) is 5.56 Å². The topological polar surface area (TPSA) is 22.0 Å². The third-order valence-corrected chi connectivity index (χ3v) is 2.95. The van der Waals surface area contributed by atoms with Crippen molar-refractivity contribution in [1.82, 2.24) is 4.57 Å². The van der Waals surface area contributed by atoms with Crippen LogP contribution in [-0.4, -0.2) is 10.3 Å². The van der Waals surface area contributed by atoms with Gasteiger partial charge >= 0.3 is 0 Å². The molecule has 0 fully saturated rings. The average Bonchev–Trinajstić information content (AvgIpc) is 2.19. The Balaban J connectivity index is 2.51. The first-order valence-electron chi connectivity index (χ1n) is 4.71. The lowest BCUT2D eigenvalue weighted by molar-refractivity contribution is 0.588. The van der Waals surface area contributed by atoms with Gasteiger partial charge in [0, 0.05) is 12.7 Å². The Morgan fingerprint density at radius 1 is 1.36 bits per heavy atom. The Hall–Kier alpha value is -0.220. The number of hydrogen-bond donors (Lipinski definition) is 1. The summed E-state index contributed by atoms with van der Waals surface area (Å²) in [5.41, 5.74) is 0.0540. The normalized spacial score (nSPS) is 10.4. The van der Waals surface area contributed by atoms with E-state index in [1.807, 2.05) is 12.3 Å². The SMILES string of the molecule is O=c1c(Br)cccn1CCCCCS. The second-order valence-corrected chi connectivity index (χ2v) is 4.44. The van der Waals surface area contributed by atoms with Crippen molar-refractivity contribution >= 4 is 28.6 Å². The summed E-state index contributed by atoms with van der Waals surface area (Å²) < 4.78 is 2.37. The van der Waals surface area contributed by atoms with Gasteiger partial charge in [0.2, 0.25) is 0 Å². The molecule has 0 saturated carbocycles. The van der Waals surface area contributed by atoms with Crippen LogP contribution in [0.25, 0.3) is 0 Å². The van der Waals surface area contributed by atoms with E-state index in [4.69, 9.17) is 0 Å². The second-order valence-electron chi connectivity index (χ2n) is 3.14. The molecule has 0 N–H and O–H groups in total. The van der Waals surface area contributed by atoms with Gasteiger partial charge in [-0.15, -0.1) is 0 Å². The van der Waals surface area contributed by atoms with Crippen LogP contribution in [-0.2, 0) is 6.54 Å². The number of hydrogen-bond acceptors (Lipinski definition) is 2. The Bertz CT molecular complexity index is 337. The van der Waals surface area contributed by atoms with Crippen LogP contribution in [0.1, 0.15) is 19.3 Å². The number of thiol groups is 1. The van der Waals surface area contributed by atoms with Crippen molar-refractivity contribution in [3.8, 4) is 0 Å². The van der Waals surface area contributed by atoms with E-state index in [1.165, 1.54) is 0 Å². The number of nitrogens with zero attached hydrogens (tertiary/aromatic N) is 1. The zero-order valence-corrected chi connectivity index (χ0v) is 10.4. The molecule has 78 valence electrons. The fourth-order valence-electron chi connectivity index (χ4n) is 1.25. The summed E-state index contributed by atoms with van der Waals surface area (Å²) >= 11 is 7.36. The molecule has 0 aliphatic rings. The maximum absolute atomic E-state index is 11.5. The van der Waals surface area contributed by atoms with E-state index in [9.17, 15) is 4.79 Å². The van der Waals surface area contributed by atoms with Gasteiger partial charge in [-0.1, -0.05) is 6.42 Å². The van der Waals surface area contributed by atoms with Crippen LogP contribution in [0, 0.1) is 0 Å². The zero-order valence-electron chi connectivity index (χ0n) is 7.95. The van der Waals surface area contributed by atoms with Crippen LogP contribution in [0.2, 0.25) is 0 Å². The first kappa shape index (κ1) is 11.9. The van der Waals surface area contributed by atoms with Crippen LogP contribution >= 0.6 is 28.6 Å². The maximum Gasteiger partial charge on any atom is 0.264 e. The Kier molecular flexibility index (Phi) is 5.33. The second kappa shape index (κ2) is 6.30. The Labute approximate surface area is 97.9 Å². The molecule has 1 heterocycles. The summed E-state index contributed by atoms with van der Waals surface area (Å²) in [5.74, 6) is 0.924. The fraction of sp³-hybridized carbons (Fsp3) is 0.500. The standard InChI is InChI=1S/C10H14BrNOS/c11-9-5-4-7-12(10(9)13)6-2-1-3-8-14/h4-5,7,14H,1-3,6,8H2. The number of unbranched alkanes of at least 4 members (excludes halogenated alkanes) is 2. The van der Waals surface area contributed by atoms with Gasteiger partial charge in [-0.05, 0) is 46.7 Å². The number of rotatable bonds is 5. The molecule has 0 amide bonds. The summed E-state index contributed by atoms with van der Waals surface area (Å²) in [5, 5.41) is 0. The van der Waals surface area contributed by atoms with Crippen LogP contribution < -0.4 is 5.56 Å². The molecular weight excluding hydrogens is 262 g/mol. The summed E-state index contributed by atoms with van der Waals surface area (Å²) in [7, 11) is 0. The molecule has 0 aliphatic heterocycles. The molecule has 0 atom stereocenters. The van der Waals surface area contributed by atoms with Gasteiger partial charge in [-0.3, -0.25) is 4.79 Å². The first-order valence-corrected chi connectivity index (χ1v) is 6.14. The van der Waals surface area contributed by atoms with Crippen LogP contribution in [0.5, 0.6) is 0 Å². The van der Waals surface area contributed by atoms with Gasteiger partial charge in [0.05, 0.1) is 4.47 Å². The molecule has 0 aromatic carbocycles. The number of pyridine rings is 1. The van der Waals surface area contributed by atoms with Crippen molar-refractivity contribution in [2.24, 2.45) is 0 Å². The molecule has 14 heavy (non-hydrogen) atoms. The van der Waals surface area contributed by atoms with Crippen molar-refractivity contribution in [1.29, 1.82) is 0 Å². The van der Waals surface area contributed by atoms with Crippen molar-refractivity contribution in [2.45, 2.75) is 25.8 Å². The predicted octanol–water partition coefficient (Wildman–Crippen LogP) is 2.71. The monoisotopic (exact) mass is 275 g/mol. The molecule has 0 spiro atoms. The molecular formula is C10H14BrNOS. The lowest BCUT2D eigenvalue weighted by atomic mass is 10.2. The smallest absolute Gasteiger partial charge is 0.264 e. The lowest BCUT2D eigenvalue weighted by Gasteiger charge is -2.04. The molecule has 0 bridgehead atoms. The maximum atomic E-state index is 11.5. The highest BCUT2D eigenvalue weighted by molar-refractivity contribution is 9.10. The van der Waals surface area contributed by atoms with Gasteiger partial charge in [0.1, 0.15) is 0 Å². The van der Waals surface area contributed by atoms with Gasteiger partial charge in [-0.2, -0.15) is 12.6 Å². The third-order valence-electron chi connectivity index (χ3n) is 2.03. The summed E-state index contributed by atoms with van der Waals surface area (Å²) in [6.45, 7) is 0.798. The summed E-state index contributed by atoms with van der Waals surface area (Å²) in [6, 6.07) is 3.65. The van der Waals surface area contributed by atoms with E-state index < -0.39 is 0 Å². The molecule has 1 rings (SSSR count). The largest absolute Gasteiger partial charge is 0.315 e. The molecule has 0 unspecified atom stereocenters. The molecule has 4 heteroatoms. The predicted molar refractivity (Wildman–Crippen MR) is 66.1 cm³/mol. The van der Waals surface area contributed by atoms with Crippen LogP contribution in [0.4, 0.5) is 0 Å². The summed E-state index contributed by atoms with van der Waals surface area (Å²) in [4.78, 5) is 11.5. The summed E-state index contributed by atoms with van der Waals surface area (Å²) in [6.07, 6.45) is 5.11. The van der Waals surface area contributed by atoms with Crippen LogP contribution in [0.3, 0.4) is 0 Å². The Morgan fingerprint density at radius 2 is 2.14 bits per heavy atom. The molecule has 1 aromatic rings. The molecule has 2 nitrogen and oxygen atoms in total. The minimum Gasteiger partial charge on any atom is -0.315 e. The highest BCUT2D eigenvalue weighted by Gasteiger charge is 1.98. The van der Waals surface area contributed by atoms with E-state index in [0.29, 0.717) is 4.47 Å². The van der Waals surface area contributed by atoms with Crippen molar-refractivity contribution in [3.05, 3.63) is 33.2 Å². The number of halogens is 1. The lowest BCUT2D eigenvalue weighted by Crippen LogP contribution is -2.19. The quantitative estimate of drug-likeness (QED) is 0.648. The fourth-order valence-corrected chi connectivity index (χ4v) is 1.86. The van der Waals surface area contributed by atoms with E-state index in [0.717, 1.165) is 31.6 Å². The average molecular weight is 276 g/mol. The van der Waals surface area contributed by atoms with Gasteiger partial charge in [0.15, 0.2) is 0 Å². The van der Waals surface area contributed by atoms with Crippen molar-refractivity contribution < 1.29 is 0 Å². The number of aromatic nitrogens is 1. The molecule has 1 aromatic heterocycles. The van der Waals surface area contributed by atoms with E-state index in [2.05, 4.69) is 28.6 Å². The van der Waals surface area contributed by atoms with E-state index in [1.54, 1.807) is 10.6 Å². The third kappa shape index (κ3) is 3.50. The highest BCUT2D eigenvalue weighted by atomic mass is 79.9. The van der Waals surface area contributed by atoms with E-state index in [-0.39, 0.29) is 5.56 Å². The molecule has 0 radical (unpaired) electrons. The van der Waals surface area contributed by atoms with Crippen molar-refractivity contribution in [2.75, 3.05) is 5.75 Å². The minimum absolute atomic E-state index is 0.0540. The van der Waals surface area contributed by atoms with E-state index >= 15 is 0 Å². The minimum atomic E-state index is 0.0540. The molecule has 0 aliphatic carbocycles. The zero-order chi connectivity index (χ0) is 10.4. The van der Waals surface area contributed by atoms with Gasteiger partial charge < -0.3 is 4.57 Å². The molecule has 0 saturated heterocycles. The Morgan fingerprint density at radius 3 is 2.86 bits per heavy atom. The number of aryl methyl sites for hydroxylation is 1. The highest BCUT2D eigenvalue weighted by Crippen LogP contribution is 2.03.